The first-order chi connectivity index (χ1) is 12.4. The minimum absolute atomic E-state index is 0.0808. The van der Waals surface area contributed by atoms with Crippen molar-refractivity contribution in [2.45, 2.75) is 6.92 Å². The Kier molecular flexibility index (Phi) is 7.00. The predicted octanol–water partition coefficient (Wildman–Crippen LogP) is 3.17. The average Bonchev–Trinajstić information content (AvgIpc) is 2.58. The number of nitrogens with one attached hydrogen (secondary N) is 2. The Bertz CT molecular complexity index is 795. The van der Waals surface area contributed by atoms with Gasteiger partial charge in [0, 0.05) is 22.5 Å². The van der Waals surface area contributed by atoms with Crippen LogP contribution in [0.5, 0.6) is 5.75 Å². The first-order valence-corrected chi connectivity index (χ1v) is 8.44. The number of benzene rings is 2. The number of nitrogens with zero attached hydrogens (tertiary/aromatic N) is 1. The van der Waals surface area contributed by atoms with Gasteiger partial charge in [0.15, 0.2) is 0 Å². The van der Waals surface area contributed by atoms with Crippen LogP contribution in [-0.2, 0) is 9.59 Å². The van der Waals surface area contributed by atoms with Crippen molar-refractivity contribution in [2.24, 2.45) is 0 Å². The van der Waals surface area contributed by atoms with Gasteiger partial charge in [-0.25, -0.2) is 0 Å². The van der Waals surface area contributed by atoms with E-state index in [0.29, 0.717) is 22.1 Å². The number of methoxy groups -OCH3 is 1. The van der Waals surface area contributed by atoms with Crippen LogP contribution >= 0.6 is 11.6 Å². The summed E-state index contributed by atoms with van der Waals surface area (Å²) in [4.78, 5) is 25.9. The lowest BCUT2D eigenvalue weighted by Gasteiger charge is -2.17. The van der Waals surface area contributed by atoms with Gasteiger partial charge in [0.25, 0.3) is 0 Å². The van der Waals surface area contributed by atoms with Gasteiger partial charge in [0.1, 0.15) is 5.75 Å². The molecule has 0 radical (unpaired) electrons. The van der Waals surface area contributed by atoms with Crippen molar-refractivity contribution in [3.63, 3.8) is 0 Å². The fourth-order valence-corrected chi connectivity index (χ4v) is 2.55. The molecule has 0 unspecified atom stereocenters. The first-order valence-electron chi connectivity index (χ1n) is 8.06. The molecular weight excluding hydrogens is 354 g/mol. The molecule has 2 aromatic rings. The SMILES string of the molecule is COc1cccc(NC(=O)CN(C)CC(=O)Nc2cccc(Cl)c2C)c1. The molecule has 6 nitrogen and oxygen atoms in total. The molecule has 2 amide bonds. The maximum atomic E-state index is 12.2. The lowest BCUT2D eigenvalue weighted by molar-refractivity contribution is -0.119. The quantitative estimate of drug-likeness (QED) is 0.779. The summed E-state index contributed by atoms with van der Waals surface area (Å²) >= 11 is 6.05. The van der Waals surface area contributed by atoms with E-state index >= 15 is 0 Å². The summed E-state index contributed by atoms with van der Waals surface area (Å²) in [7, 11) is 3.27. The molecule has 7 heteroatoms. The number of ether oxygens (including phenoxy) is 1. The zero-order valence-electron chi connectivity index (χ0n) is 15.0. The minimum Gasteiger partial charge on any atom is -0.497 e. The summed E-state index contributed by atoms with van der Waals surface area (Å²) in [5.74, 6) is 0.229. The zero-order valence-corrected chi connectivity index (χ0v) is 15.8. The highest BCUT2D eigenvalue weighted by atomic mass is 35.5. The van der Waals surface area contributed by atoms with E-state index in [0.717, 1.165) is 5.56 Å². The van der Waals surface area contributed by atoms with Crippen molar-refractivity contribution < 1.29 is 14.3 Å². The first kappa shape index (κ1) is 19.8. The van der Waals surface area contributed by atoms with Crippen LogP contribution in [0.15, 0.2) is 42.5 Å². The zero-order chi connectivity index (χ0) is 19.1. The average molecular weight is 376 g/mol. The second-order valence-corrected chi connectivity index (χ2v) is 6.32. The lowest BCUT2D eigenvalue weighted by atomic mass is 10.2. The molecule has 26 heavy (non-hydrogen) atoms. The van der Waals surface area contributed by atoms with Gasteiger partial charge in [0.05, 0.1) is 20.2 Å². The van der Waals surface area contributed by atoms with Crippen molar-refractivity contribution in [1.29, 1.82) is 0 Å². The fraction of sp³-hybridized carbons (Fsp3) is 0.263. The Labute approximate surface area is 158 Å². The number of halogens is 1. The number of carbonyl (C=O) groups is 2. The van der Waals surface area contributed by atoms with Crippen molar-refractivity contribution in [3.05, 3.63) is 53.1 Å². The van der Waals surface area contributed by atoms with Crippen LogP contribution in [0, 0.1) is 6.92 Å². The van der Waals surface area contributed by atoms with Crippen LogP contribution in [0.1, 0.15) is 5.56 Å². The van der Waals surface area contributed by atoms with Gasteiger partial charge in [-0.3, -0.25) is 14.5 Å². The van der Waals surface area contributed by atoms with Gasteiger partial charge < -0.3 is 15.4 Å². The summed E-state index contributed by atoms with van der Waals surface area (Å²) < 4.78 is 5.12. The van der Waals surface area contributed by atoms with Crippen LogP contribution in [0.25, 0.3) is 0 Å². The molecule has 0 saturated carbocycles. The summed E-state index contributed by atoms with van der Waals surface area (Å²) in [6, 6.07) is 12.4. The van der Waals surface area contributed by atoms with Gasteiger partial charge in [-0.2, -0.15) is 0 Å². The minimum atomic E-state index is -0.216. The van der Waals surface area contributed by atoms with Crippen molar-refractivity contribution in [2.75, 3.05) is 37.9 Å². The molecule has 138 valence electrons. The molecule has 0 bridgehead atoms. The third-order valence-corrected chi connectivity index (χ3v) is 4.13. The predicted molar refractivity (Wildman–Crippen MR) is 104 cm³/mol. The monoisotopic (exact) mass is 375 g/mol. The van der Waals surface area contributed by atoms with E-state index in [9.17, 15) is 9.59 Å². The molecule has 2 rings (SSSR count). The van der Waals surface area contributed by atoms with Gasteiger partial charge in [0.2, 0.25) is 11.8 Å². The largest absolute Gasteiger partial charge is 0.497 e. The van der Waals surface area contributed by atoms with Gasteiger partial charge in [-0.05, 0) is 43.8 Å². The number of hydrogen-bond donors (Lipinski definition) is 2. The molecule has 0 aliphatic carbocycles. The second-order valence-electron chi connectivity index (χ2n) is 5.91. The Morgan fingerprint density at radius 2 is 1.73 bits per heavy atom. The van der Waals surface area contributed by atoms with Crippen LogP contribution in [0.4, 0.5) is 11.4 Å². The molecule has 0 aliphatic heterocycles. The second kappa shape index (κ2) is 9.22. The van der Waals surface area contributed by atoms with Crippen LogP contribution in [0.2, 0.25) is 5.02 Å². The molecule has 2 aromatic carbocycles. The molecule has 0 aliphatic rings. The van der Waals surface area contributed by atoms with E-state index in [1.54, 1.807) is 61.5 Å². The van der Waals surface area contributed by atoms with E-state index in [1.807, 2.05) is 6.92 Å². The summed E-state index contributed by atoms with van der Waals surface area (Å²) in [5.41, 5.74) is 2.11. The maximum Gasteiger partial charge on any atom is 0.238 e. The fourth-order valence-electron chi connectivity index (χ4n) is 2.38. The van der Waals surface area contributed by atoms with E-state index < -0.39 is 0 Å². The van der Waals surface area contributed by atoms with Gasteiger partial charge in [-0.1, -0.05) is 23.7 Å². The third-order valence-electron chi connectivity index (χ3n) is 3.72. The van der Waals surface area contributed by atoms with E-state index in [2.05, 4.69) is 10.6 Å². The Balaban J connectivity index is 1.85. The van der Waals surface area contributed by atoms with Crippen LogP contribution in [-0.4, -0.2) is 44.0 Å². The van der Waals surface area contributed by atoms with Crippen LogP contribution in [0.3, 0.4) is 0 Å². The number of likely N-dealkylation sites (N-methyl/N-ethyl adjacent to an activating group) is 1. The summed E-state index contributed by atoms with van der Waals surface area (Å²) in [6.45, 7) is 2.00. The molecule has 0 atom stereocenters. The summed E-state index contributed by atoms with van der Waals surface area (Å²) in [6.07, 6.45) is 0. The lowest BCUT2D eigenvalue weighted by Crippen LogP contribution is -2.36. The molecule has 0 saturated heterocycles. The molecule has 0 fully saturated rings. The standard InChI is InChI=1S/C19H22ClN3O3/c1-13-16(20)8-5-9-17(13)22-19(25)12-23(2)11-18(24)21-14-6-4-7-15(10-14)26-3/h4-10H,11-12H2,1-3H3,(H,21,24)(H,22,25). The Morgan fingerprint density at radius 3 is 2.42 bits per heavy atom. The molecule has 0 aromatic heterocycles. The van der Waals surface area contributed by atoms with Gasteiger partial charge in [-0.15, -0.1) is 0 Å². The molecule has 2 N–H and O–H groups in total. The molecule has 0 heterocycles. The van der Waals surface area contributed by atoms with Crippen LogP contribution < -0.4 is 15.4 Å². The number of amides is 2. The number of carbonyl (C=O) groups excluding carboxylic acids is 2. The topological polar surface area (TPSA) is 70.7 Å². The highest BCUT2D eigenvalue weighted by molar-refractivity contribution is 6.31. The Morgan fingerprint density at radius 1 is 1.08 bits per heavy atom. The molecule has 0 spiro atoms. The maximum absolute atomic E-state index is 12.2. The normalized spacial score (nSPS) is 10.5. The van der Waals surface area contributed by atoms with Crippen molar-refractivity contribution in [1.82, 2.24) is 4.90 Å². The number of anilines is 2. The molecular formula is C19H22ClN3O3. The smallest absolute Gasteiger partial charge is 0.238 e. The van der Waals surface area contributed by atoms with Crippen molar-refractivity contribution >= 4 is 34.8 Å². The Hall–Kier alpha value is -2.57. The highest BCUT2D eigenvalue weighted by Gasteiger charge is 2.12. The van der Waals surface area contributed by atoms with Gasteiger partial charge >= 0.3 is 0 Å². The third kappa shape index (κ3) is 5.75. The number of rotatable bonds is 7. The van der Waals surface area contributed by atoms with Crippen molar-refractivity contribution in [3.8, 4) is 5.75 Å². The number of hydrogen-bond acceptors (Lipinski definition) is 4. The highest BCUT2D eigenvalue weighted by Crippen LogP contribution is 2.22. The van der Waals surface area contributed by atoms with E-state index in [4.69, 9.17) is 16.3 Å². The van der Waals surface area contributed by atoms with E-state index in [1.165, 1.54) is 0 Å². The summed E-state index contributed by atoms with van der Waals surface area (Å²) in [5, 5.41) is 6.18. The van der Waals surface area contributed by atoms with E-state index in [-0.39, 0.29) is 24.9 Å².